The van der Waals surface area contributed by atoms with E-state index in [1.165, 1.54) is 14.2 Å². The van der Waals surface area contributed by atoms with E-state index in [0.29, 0.717) is 40.5 Å². The van der Waals surface area contributed by atoms with Gasteiger partial charge in [-0.15, -0.1) is 0 Å². The van der Waals surface area contributed by atoms with Crippen LogP contribution in [0.3, 0.4) is 0 Å². The summed E-state index contributed by atoms with van der Waals surface area (Å²) in [5, 5.41) is 13.9. The molecule has 1 aliphatic heterocycles. The fourth-order valence-electron chi connectivity index (χ4n) is 4.99. The highest BCUT2D eigenvalue weighted by atomic mass is 32.2. The Morgan fingerprint density at radius 2 is 1.71 bits per heavy atom. The fraction of sp³-hybridized carbons (Fsp3) is 0.345. The smallest absolute Gasteiger partial charge is 0.323 e. The van der Waals surface area contributed by atoms with E-state index in [9.17, 15) is 18.3 Å². The van der Waals surface area contributed by atoms with Gasteiger partial charge in [0.15, 0.2) is 11.5 Å². The summed E-state index contributed by atoms with van der Waals surface area (Å²) in [7, 11) is -0.780. The number of aromatic nitrogens is 2. The number of methoxy groups -OCH3 is 2. The molecule has 3 aromatic carbocycles. The minimum absolute atomic E-state index is 0.0916. The molecule has 5 rings (SSSR count). The third kappa shape index (κ3) is 6.81. The predicted molar refractivity (Wildman–Crippen MR) is 160 cm³/mol. The normalized spacial score (nSPS) is 15.0. The Balaban J connectivity index is 1.08. The van der Waals surface area contributed by atoms with Crippen molar-refractivity contribution in [2.24, 2.45) is 0 Å². The summed E-state index contributed by atoms with van der Waals surface area (Å²) in [4.78, 5) is 19.3. The van der Waals surface area contributed by atoms with Crippen LogP contribution >= 0.6 is 0 Å². The van der Waals surface area contributed by atoms with Gasteiger partial charge in [-0.25, -0.2) is 13.2 Å². The minimum Gasteiger partial charge on any atom is -0.493 e. The van der Waals surface area contributed by atoms with Gasteiger partial charge in [-0.3, -0.25) is 4.72 Å². The third-order valence-corrected chi connectivity index (χ3v) is 8.63. The quantitative estimate of drug-likeness (QED) is 0.166. The number of nitrogens with one attached hydrogen (secondary N) is 4. The van der Waals surface area contributed by atoms with Gasteiger partial charge in [-0.2, -0.15) is 0 Å². The van der Waals surface area contributed by atoms with Gasteiger partial charge in [0.1, 0.15) is 24.0 Å². The molecule has 0 amide bonds. The summed E-state index contributed by atoms with van der Waals surface area (Å²) in [5.74, 6) is 1.45. The number of piperidine rings is 1. The molecule has 0 unspecified atom stereocenters. The van der Waals surface area contributed by atoms with Gasteiger partial charge in [-0.05, 0) is 61.4 Å². The highest BCUT2D eigenvalue weighted by molar-refractivity contribution is 7.92. The Kier molecular flexibility index (Phi) is 8.90. The first kappa shape index (κ1) is 29.3. The lowest BCUT2D eigenvalue weighted by Gasteiger charge is -2.34. The number of hydrogen-bond donors (Lipinski definition) is 5. The second kappa shape index (κ2) is 12.8. The van der Waals surface area contributed by atoms with Crippen molar-refractivity contribution in [1.82, 2.24) is 15.3 Å². The lowest BCUT2D eigenvalue weighted by molar-refractivity contribution is 0.103. The number of para-hydroxylation sites is 1. The summed E-state index contributed by atoms with van der Waals surface area (Å²) >= 11 is 0. The van der Waals surface area contributed by atoms with Crippen LogP contribution < -0.4 is 34.8 Å². The molecule has 1 saturated heterocycles. The Morgan fingerprint density at radius 1 is 0.976 bits per heavy atom. The molecule has 0 radical (unpaired) electrons. The van der Waals surface area contributed by atoms with Crippen molar-refractivity contribution < 1.29 is 27.7 Å². The number of H-pyrrole nitrogens is 2. The Morgan fingerprint density at radius 3 is 2.43 bits per heavy atom. The number of aliphatic hydroxyl groups excluding tert-OH is 1. The molecular weight excluding hydrogens is 562 g/mol. The van der Waals surface area contributed by atoms with E-state index in [1.807, 2.05) is 12.1 Å². The highest BCUT2D eigenvalue weighted by Crippen LogP contribution is 2.31. The van der Waals surface area contributed by atoms with E-state index in [0.717, 1.165) is 31.6 Å². The molecule has 0 bridgehead atoms. The molecule has 2 heterocycles. The second-order valence-electron chi connectivity index (χ2n) is 10.1. The number of aromatic amines is 2. The molecule has 1 aromatic heterocycles. The van der Waals surface area contributed by atoms with Crippen molar-refractivity contribution >= 4 is 32.4 Å². The van der Waals surface area contributed by atoms with Crippen LogP contribution in [0.1, 0.15) is 12.8 Å². The number of rotatable bonds is 12. The number of fused-ring (bicyclic) bond motifs is 1. The van der Waals surface area contributed by atoms with Crippen molar-refractivity contribution in [3.8, 4) is 17.2 Å². The molecule has 1 atom stereocenters. The molecule has 0 spiro atoms. The number of anilines is 2. The standard InChI is InChI=1S/C29H35N5O7S/c1-39-25-11-6-20(16-27(25)40-2)33-42(37,38)23-9-7-21(8-10-23)34-14-12-19(13-15-34)30-17-22(35)18-41-26-5-3-4-24-28(26)32-29(36)31-24/h3-11,16,19,22,30,33,35H,12-15,17-18H2,1-2H3,(H2,31,32,36)/t22-/m0/s1. The molecule has 42 heavy (non-hydrogen) atoms. The maximum absolute atomic E-state index is 12.9. The first-order chi connectivity index (χ1) is 20.3. The molecule has 4 aromatic rings. The fourth-order valence-corrected chi connectivity index (χ4v) is 6.04. The van der Waals surface area contributed by atoms with E-state index in [2.05, 4.69) is 24.9 Å². The van der Waals surface area contributed by atoms with Crippen LogP contribution in [-0.2, 0) is 10.0 Å². The molecule has 1 fully saturated rings. The van der Waals surface area contributed by atoms with E-state index in [-0.39, 0.29) is 23.2 Å². The van der Waals surface area contributed by atoms with Crippen LogP contribution in [0.5, 0.6) is 17.2 Å². The van der Waals surface area contributed by atoms with Gasteiger partial charge in [-0.1, -0.05) is 6.07 Å². The largest absolute Gasteiger partial charge is 0.493 e. The first-order valence-electron chi connectivity index (χ1n) is 13.6. The summed E-state index contributed by atoms with van der Waals surface area (Å²) in [6.07, 6.45) is 1.03. The molecular formula is C29H35N5O7S. The van der Waals surface area contributed by atoms with Gasteiger partial charge in [0.2, 0.25) is 0 Å². The van der Waals surface area contributed by atoms with Crippen LogP contribution in [0.25, 0.3) is 11.0 Å². The van der Waals surface area contributed by atoms with Crippen LogP contribution in [0.2, 0.25) is 0 Å². The van der Waals surface area contributed by atoms with E-state index >= 15 is 0 Å². The maximum Gasteiger partial charge on any atom is 0.323 e. The number of benzene rings is 3. The summed E-state index contributed by atoms with van der Waals surface area (Å²) < 4.78 is 44.7. The van der Waals surface area contributed by atoms with Gasteiger partial charge in [0.25, 0.3) is 10.0 Å². The van der Waals surface area contributed by atoms with Gasteiger partial charge >= 0.3 is 5.69 Å². The average Bonchev–Trinajstić information content (AvgIpc) is 3.39. The van der Waals surface area contributed by atoms with Crippen LogP contribution in [0.4, 0.5) is 11.4 Å². The SMILES string of the molecule is COc1ccc(NS(=O)(=O)c2ccc(N3CCC(NC[C@H](O)COc4cccc5[nH]c(=O)[nH]c45)CC3)cc2)cc1OC. The second-order valence-corrected chi connectivity index (χ2v) is 11.7. The molecule has 0 aliphatic carbocycles. The average molecular weight is 598 g/mol. The lowest BCUT2D eigenvalue weighted by Crippen LogP contribution is -2.45. The molecule has 1 aliphatic rings. The zero-order valence-corrected chi connectivity index (χ0v) is 24.2. The molecule has 12 nitrogen and oxygen atoms in total. The van der Waals surface area contributed by atoms with Crippen molar-refractivity contribution in [3.05, 3.63) is 71.1 Å². The van der Waals surface area contributed by atoms with Gasteiger partial charge in [0, 0.05) is 37.4 Å². The minimum atomic E-state index is -3.79. The van der Waals surface area contributed by atoms with E-state index < -0.39 is 16.1 Å². The number of aliphatic hydroxyl groups is 1. The van der Waals surface area contributed by atoms with Gasteiger partial charge in [0.05, 0.1) is 30.3 Å². The molecule has 5 N–H and O–H groups in total. The Bertz CT molecular complexity index is 1660. The van der Waals surface area contributed by atoms with Crippen LogP contribution in [0, 0.1) is 0 Å². The zero-order chi connectivity index (χ0) is 29.7. The van der Waals surface area contributed by atoms with Crippen molar-refractivity contribution in [2.75, 3.05) is 50.1 Å². The van der Waals surface area contributed by atoms with Crippen molar-refractivity contribution in [1.29, 1.82) is 0 Å². The molecule has 0 saturated carbocycles. The van der Waals surface area contributed by atoms with Crippen LogP contribution in [-0.4, -0.2) is 76.1 Å². The molecule has 224 valence electrons. The zero-order valence-electron chi connectivity index (χ0n) is 23.4. The topological polar surface area (TPSA) is 158 Å². The van der Waals surface area contributed by atoms with E-state index in [1.54, 1.807) is 48.5 Å². The molecule has 13 heteroatoms. The van der Waals surface area contributed by atoms with Crippen molar-refractivity contribution in [3.63, 3.8) is 0 Å². The number of hydrogen-bond acceptors (Lipinski definition) is 9. The van der Waals surface area contributed by atoms with Crippen LogP contribution in [0.15, 0.2) is 70.4 Å². The number of sulfonamides is 1. The predicted octanol–water partition coefficient (Wildman–Crippen LogP) is 2.67. The number of ether oxygens (including phenoxy) is 3. The number of imidazole rings is 1. The maximum atomic E-state index is 12.9. The summed E-state index contributed by atoms with van der Waals surface area (Å²) in [6.45, 7) is 2.06. The van der Waals surface area contributed by atoms with Crippen molar-refractivity contribution in [2.45, 2.75) is 29.9 Å². The Labute approximate surface area is 243 Å². The lowest BCUT2D eigenvalue weighted by atomic mass is 10.0. The summed E-state index contributed by atoms with van der Waals surface area (Å²) in [5.41, 5.74) is 2.24. The van der Waals surface area contributed by atoms with E-state index in [4.69, 9.17) is 14.2 Å². The number of nitrogens with zero attached hydrogens (tertiary/aromatic N) is 1. The third-order valence-electron chi connectivity index (χ3n) is 7.23. The highest BCUT2D eigenvalue weighted by Gasteiger charge is 2.22. The monoisotopic (exact) mass is 597 g/mol. The first-order valence-corrected chi connectivity index (χ1v) is 15.1. The van der Waals surface area contributed by atoms with Gasteiger partial charge < -0.3 is 39.5 Å². The Hall–Kier alpha value is -4.20. The summed E-state index contributed by atoms with van der Waals surface area (Å²) in [6, 6.07) is 17.2.